The summed E-state index contributed by atoms with van der Waals surface area (Å²) < 4.78 is 0. The van der Waals surface area contributed by atoms with E-state index in [9.17, 15) is 9.90 Å². The molecule has 3 rings (SSSR count). The van der Waals surface area contributed by atoms with Gasteiger partial charge in [-0.15, -0.1) is 0 Å². The molecule has 0 saturated carbocycles. The molecule has 84 valence electrons. The van der Waals surface area contributed by atoms with E-state index < -0.39 is 0 Å². The van der Waals surface area contributed by atoms with Crippen molar-refractivity contribution < 1.29 is 9.90 Å². The molecule has 0 bridgehead atoms. The summed E-state index contributed by atoms with van der Waals surface area (Å²) in [5.74, 6) is 0.405. The summed E-state index contributed by atoms with van der Waals surface area (Å²) in [5.41, 5.74) is 2.05. The number of carbonyl (C=O) groups is 1. The van der Waals surface area contributed by atoms with Crippen LogP contribution < -0.4 is 10.2 Å². The van der Waals surface area contributed by atoms with Crippen molar-refractivity contribution in [2.24, 2.45) is 0 Å². The van der Waals surface area contributed by atoms with Crippen LogP contribution in [0.5, 0.6) is 5.75 Å². The van der Waals surface area contributed by atoms with Gasteiger partial charge in [-0.25, -0.2) is 0 Å². The number of fused-ring (bicyclic) bond motifs is 3. The van der Waals surface area contributed by atoms with Crippen molar-refractivity contribution in [2.45, 2.75) is 18.9 Å². The van der Waals surface area contributed by atoms with Crippen molar-refractivity contribution in [3.05, 3.63) is 23.8 Å². The molecule has 1 aromatic carbocycles. The maximum Gasteiger partial charge on any atom is 0.241 e. The largest absolute Gasteiger partial charge is 0.508 e. The van der Waals surface area contributed by atoms with Crippen LogP contribution in [-0.4, -0.2) is 30.1 Å². The zero-order valence-corrected chi connectivity index (χ0v) is 8.94. The molecule has 0 aliphatic carbocycles. The third-order valence-corrected chi connectivity index (χ3v) is 3.36. The van der Waals surface area contributed by atoms with E-state index in [2.05, 4.69) is 5.32 Å². The molecule has 1 unspecified atom stereocenters. The van der Waals surface area contributed by atoms with Gasteiger partial charge in [0.25, 0.3) is 0 Å². The fraction of sp³-hybridized carbons (Fsp3) is 0.417. The summed E-state index contributed by atoms with van der Waals surface area (Å²) in [7, 11) is 0. The van der Waals surface area contributed by atoms with E-state index in [1.54, 1.807) is 12.1 Å². The molecule has 0 spiro atoms. The molecule has 1 saturated heterocycles. The van der Waals surface area contributed by atoms with Gasteiger partial charge in [0.1, 0.15) is 5.75 Å². The molecule has 2 aliphatic rings. The quantitative estimate of drug-likeness (QED) is 0.672. The van der Waals surface area contributed by atoms with E-state index in [1.807, 2.05) is 11.0 Å². The molecule has 0 radical (unpaired) electrons. The van der Waals surface area contributed by atoms with Gasteiger partial charge < -0.3 is 15.3 Å². The molecule has 16 heavy (non-hydrogen) atoms. The van der Waals surface area contributed by atoms with Crippen LogP contribution in [0.25, 0.3) is 0 Å². The molecule has 2 N–H and O–H groups in total. The Labute approximate surface area is 93.9 Å². The number of aromatic hydroxyl groups is 1. The molecule has 0 aromatic heterocycles. The van der Waals surface area contributed by atoms with Crippen LogP contribution in [0.3, 0.4) is 0 Å². The van der Waals surface area contributed by atoms with E-state index >= 15 is 0 Å². The molecule has 1 atom stereocenters. The molecule has 2 aliphatic heterocycles. The van der Waals surface area contributed by atoms with Crippen LogP contribution in [0, 0.1) is 0 Å². The Morgan fingerprint density at radius 3 is 3.19 bits per heavy atom. The van der Waals surface area contributed by atoms with Gasteiger partial charge in [0.05, 0.1) is 6.54 Å². The number of hydrogen-bond donors (Lipinski definition) is 2. The maximum absolute atomic E-state index is 11.9. The van der Waals surface area contributed by atoms with Gasteiger partial charge in [0.2, 0.25) is 5.91 Å². The fourth-order valence-corrected chi connectivity index (χ4v) is 2.62. The van der Waals surface area contributed by atoms with Gasteiger partial charge in [0.15, 0.2) is 0 Å². The van der Waals surface area contributed by atoms with Crippen molar-refractivity contribution in [3.63, 3.8) is 0 Å². The van der Waals surface area contributed by atoms with E-state index in [4.69, 9.17) is 0 Å². The number of aryl methyl sites for hydroxylation is 1. The minimum atomic E-state index is 0.128. The molecule has 1 amide bonds. The number of nitrogens with zero attached hydrogens (tertiary/aromatic N) is 1. The highest BCUT2D eigenvalue weighted by molar-refractivity contribution is 5.97. The number of carbonyl (C=O) groups excluding carboxylic acids is 1. The predicted molar refractivity (Wildman–Crippen MR) is 60.6 cm³/mol. The second-order valence-electron chi connectivity index (χ2n) is 4.40. The van der Waals surface area contributed by atoms with Crippen molar-refractivity contribution in [1.29, 1.82) is 0 Å². The topological polar surface area (TPSA) is 52.6 Å². The normalized spacial score (nSPS) is 23.9. The van der Waals surface area contributed by atoms with Crippen LogP contribution in [0.4, 0.5) is 5.69 Å². The van der Waals surface area contributed by atoms with Crippen LogP contribution in [0.15, 0.2) is 18.2 Å². The first-order valence-corrected chi connectivity index (χ1v) is 5.60. The van der Waals surface area contributed by atoms with Crippen LogP contribution in [0.2, 0.25) is 0 Å². The van der Waals surface area contributed by atoms with Crippen molar-refractivity contribution in [3.8, 4) is 5.75 Å². The summed E-state index contributed by atoms with van der Waals surface area (Å²) in [6.07, 6.45) is 1.90. The average molecular weight is 218 g/mol. The number of piperazine rings is 1. The second kappa shape index (κ2) is 3.49. The van der Waals surface area contributed by atoms with Crippen molar-refractivity contribution in [2.75, 3.05) is 18.0 Å². The predicted octanol–water partition coefficient (Wildman–Crippen LogP) is 0.643. The van der Waals surface area contributed by atoms with Crippen molar-refractivity contribution >= 4 is 11.6 Å². The first-order chi connectivity index (χ1) is 7.75. The summed E-state index contributed by atoms with van der Waals surface area (Å²) in [5, 5.41) is 12.6. The van der Waals surface area contributed by atoms with Gasteiger partial charge in [-0.05, 0) is 36.6 Å². The molecule has 4 nitrogen and oxygen atoms in total. The summed E-state index contributed by atoms with van der Waals surface area (Å²) in [6.45, 7) is 1.28. The Balaban J connectivity index is 2.06. The minimum Gasteiger partial charge on any atom is -0.508 e. The number of nitrogens with one attached hydrogen (secondary N) is 1. The highest BCUT2D eigenvalue weighted by atomic mass is 16.3. The average Bonchev–Trinajstić information content (AvgIpc) is 2.29. The Kier molecular flexibility index (Phi) is 2.11. The lowest BCUT2D eigenvalue weighted by Gasteiger charge is -2.40. The van der Waals surface area contributed by atoms with Crippen LogP contribution in [0.1, 0.15) is 12.0 Å². The Hall–Kier alpha value is -1.55. The van der Waals surface area contributed by atoms with Gasteiger partial charge in [-0.2, -0.15) is 0 Å². The molecular formula is C12H14N2O2. The lowest BCUT2D eigenvalue weighted by atomic mass is 9.94. The van der Waals surface area contributed by atoms with Gasteiger partial charge in [-0.3, -0.25) is 4.79 Å². The lowest BCUT2D eigenvalue weighted by molar-refractivity contribution is -0.119. The van der Waals surface area contributed by atoms with E-state index in [1.165, 1.54) is 0 Å². The number of phenolic OH excluding ortho intramolecular Hbond substituents is 1. The first-order valence-electron chi connectivity index (χ1n) is 5.60. The monoisotopic (exact) mass is 218 g/mol. The first kappa shape index (κ1) is 9.66. The zero-order chi connectivity index (χ0) is 11.1. The third kappa shape index (κ3) is 1.38. The van der Waals surface area contributed by atoms with Crippen molar-refractivity contribution in [1.82, 2.24) is 5.32 Å². The van der Waals surface area contributed by atoms with E-state index in [0.29, 0.717) is 6.54 Å². The lowest BCUT2D eigenvalue weighted by Crippen LogP contribution is -2.56. The van der Waals surface area contributed by atoms with E-state index in [-0.39, 0.29) is 17.7 Å². The fourth-order valence-electron chi connectivity index (χ4n) is 2.62. The smallest absolute Gasteiger partial charge is 0.241 e. The number of rotatable bonds is 0. The minimum absolute atomic E-state index is 0.128. The number of hydrogen-bond acceptors (Lipinski definition) is 3. The number of amides is 1. The van der Waals surface area contributed by atoms with E-state index in [0.717, 1.165) is 30.6 Å². The highest BCUT2D eigenvalue weighted by Gasteiger charge is 2.33. The number of benzene rings is 1. The standard InChI is InChI=1S/C12H14N2O2/c15-10-3-4-11-8(5-10)1-2-9-6-13-7-12(16)14(9)11/h3-5,9,13,15H,1-2,6-7H2. The highest BCUT2D eigenvalue weighted by Crippen LogP contribution is 2.33. The number of anilines is 1. The second-order valence-corrected chi connectivity index (χ2v) is 4.40. The van der Waals surface area contributed by atoms with Gasteiger partial charge >= 0.3 is 0 Å². The third-order valence-electron chi connectivity index (χ3n) is 3.36. The molecule has 1 aromatic rings. The summed E-state index contributed by atoms with van der Waals surface area (Å²) >= 11 is 0. The maximum atomic E-state index is 11.9. The summed E-state index contributed by atoms with van der Waals surface area (Å²) in [6, 6.07) is 5.54. The van der Waals surface area contributed by atoms with Gasteiger partial charge in [0, 0.05) is 18.3 Å². The van der Waals surface area contributed by atoms with Gasteiger partial charge in [-0.1, -0.05) is 0 Å². The van der Waals surface area contributed by atoms with Crippen LogP contribution >= 0.6 is 0 Å². The Morgan fingerprint density at radius 1 is 1.44 bits per heavy atom. The molecular weight excluding hydrogens is 204 g/mol. The Bertz CT molecular complexity index is 445. The molecule has 1 fully saturated rings. The zero-order valence-electron chi connectivity index (χ0n) is 8.94. The summed E-state index contributed by atoms with van der Waals surface area (Å²) in [4.78, 5) is 13.8. The number of phenols is 1. The van der Waals surface area contributed by atoms with Crippen LogP contribution in [-0.2, 0) is 11.2 Å². The molecule has 2 heterocycles. The Morgan fingerprint density at radius 2 is 2.31 bits per heavy atom. The molecule has 4 heteroatoms. The SMILES string of the molecule is O=C1CNCC2CCc3cc(O)ccc3N12.